The van der Waals surface area contributed by atoms with E-state index in [0.29, 0.717) is 13.2 Å². The third-order valence-electron chi connectivity index (χ3n) is 2.73. The number of amides is 1. The van der Waals surface area contributed by atoms with Crippen molar-refractivity contribution >= 4 is 11.6 Å². The number of nitrogens with two attached hydrogens (primary N) is 1. The molecule has 0 saturated carbocycles. The van der Waals surface area contributed by atoms with Gasteiger partial charge in [0.15, 0.2) is 0 Å². The third-order valence-corrected chi connectivity index (χ3v) is 2.73. The van der Waals surface area contributed by atoms with Crippen LogP contribution >= 0.6 is 0 Å². The van der Waals surface area contributed by atoms with E-state index in [9.17, 15) is 4.79 Å². The number of hydrogen-bond acceptors (Lipinski definition) is 3. The molecule has 0 saturated heterocycles. The van der Waals surface area contributed by atoms with E-state index in [1.54, 1.807) is 6.92 Å². The highest BCUT2D eigenvalue weighted by Gasteiger charge is 2.14. The third kappa shape index (κ3) is 4.47. The predicted molar refractivity (Wildman–Crippen MR) is 73.3 cm³/mol. The van der Waals surface area contributed by atoms with Gasteiger partial charge in [0.05, 0.1) is 0 Å². The number of nitrogens with one attached hydrogen (secondary N) is 1. The van der Waals surface area contributed by atoms with Gasteiger partial charge in [0, 0.05) is 18.8 Å². The molecule has 0 aliphatic heterocycles. The van der Waals surface area contributed by atoms with Gasteiger partial charge in [0.2, 0.25) is 0 Å². The highest BCUT2D eigenvalue weighted by molar-refractivity contribution is 5.94. The summed E-state index contributed by atoms with van der Waals surface area (Å²) in [7, 11) is 0. The standard InChI is InChI=1S/C14H22N2O2/c1-3-4-9-18-11(2)14(17)16-13-8-6-5-7-12(13)10-15/h5-8,11H,3-4,9-10,15H2,1-2H3,(H,16,17). The molecule has 0 aliphatic carbocycles. The molecule has 4 nitrogen and oxygen atoms in total. The van der Waals surface area contributed by atoms with Crippen molar-refractivity contribution in [1.29, 1.82) is 0 Å². The summed E-state index contributed by atoms with van der Waals surface area (Å²) in [6.07, 6.45) is 1.59. The molecule has 0 radical (unpaired) electrons. The number of para-hydroxylation sites is 1. The van der Waals surface area contributed by atoms with Gasteiger partial charge in [-0.15, -0.1) is 0 Å². The van der Waals surface area contributed by atoms with Crippen LogP contribution in [-0.2, 0) is 16.1 Å². The fourth-order valence-electron chi connectivity index (χ4n) is 1.53. The van der Waals surface area contributed by atoms with Crippen molar-refractivity contribution in [3.63, 3.8) is 0 Å². The van der Waals surface area contributed by atoms with Gasteiger partial charge < -0.3 is 15.8 Å². The molecule has 100 valence electrons. The molecule has 1 rings (SSSR count). The molecular weight excluding hydrogens is 228 g/mol. The van der Waals surface area contributed by atoms with Crippen LogP contribution in [0.15, 0.2) is 24.3 Å². The maximum atomic E-state index is 11.9. The minimum Gasteiger partial charge on any atom is -0.369 e. The minimum atomic E-state index is -0.442. The van der Waals surface area contributed by atoms with Crippen molar-refractivity contribution in [1.82, 2.24) is 0 Å². The largest absolute Gasteiger partial charge is 0.369 e. The number of carbonyl (C=O) groups is 1. The van der Waals surface area contributed by atoms with Crippen molar-refractivity contribution in [2.75, 3.05) is 11.9 Å². The van der Waals surface area contributed by atoms with E-state index >= 15 is 0 Å². The number of rotatable bonds is 7. The Bertz CT molecular complexity index is 380. The van der Waals surface area contributed by atoms with Crippen LogP contribution in [0.1, 0.15) is 32.3 Å². The molecule has 1 atom stereocenters. The van der Waals surface area contributed by atoms with Crippen molar-refractivity contribution in [2.45, 2.75) is 39.3 Å². The summed E-state index contributed by atoms with van der Waals surface area (Å²) in [5.41, 5.74) is 7.30. The molecule has 0 bridgehead atoms. The molecular formula is C14H22N2O2. The number of ether oxygens (including phenoxy) is 1. The van der Waals surface area contributed by atoms with Gasteiger partial charge in [0.25, 0.3) is 5.91 Å². The monoisotopic (exact) mass is 250 g/mol. The highest BCUT2D eigenvalue weighted by atomic mass is 16.5. The fraction of sp³-hybridized carbons (Fsp3) is 0.500. The molecule has 3 N–H and O–H groups in total. The number of benzene rings is 1. The van der Waals surface area contributed by atoms with Crippen LogP contribution in [0.4, 0.5) is 5.69 Å². The van der Waals surface area contributed by atoms with Gasteiger partial charge in [-0.3, -0.25) is 4.79 Å². The summed E-state index contributed by atoms with van der Waals surface area (Å²) in [4.78, 5) is 11.9. The lowest BCUT2D eigenvalue weighted by Crippen LogP contribution is -2.28. The van der Waals surface area contributed by atoms with Crippen LogP contribution in [0.25, 0.3) is 0 Å². The summed E-state index contributed by atoms with van der Waals surface area (Å²) >= 11 is 0. The van der Waals surface area contributed by atoms with Crippen LogP contribution in [0.2, 0.25) is 0 Å². The van der Waals surface area contributed by atoms with Gasteiger partial charge in [-0.2, -0.15) is 0 Å². The Kier molecular flexibility index (Phi) is 6.39. The molecule has 0 heterocycles. The van der Waals surface area contributed by atoms with E-state index in [4.69, 9.17) is 10.5 Å². The zero-order valence-corrected chi connectivity index (χ0v) is 11.1. The quantitative estimate of drug-likeness (QED) is 0.730. The Morgan fingerprint density at radius 3 is 2.83 bits per heavy atom. The molecule has 0 aromatic heterocycles. The molecule has 4 heteroatoms. The van der Waals surface area contributed by atoms with Gasteiger partial charge in [-0.05, 0) is 25.0 Å². The molecule has 18 heavy (non-hydrogen) atoms. The first-order valence-electron chi connectivity index (χ1n) is 6.39. The zero-order chi connectivity index (χ0) is 13.4. The number of anilines is 1. The SMILES string of the molecule is CCCCOC(C)C(=O)Nc1ccccc1CN. The second kappa shape index (κ2) is 7.84. The van der Waals surface area contributed by atoms with Gasteiger partial charge in [0.1, 0.15) is 6.10 Å². The summed E-state index contributed by atoms with van der Waals surface area (Å²) in [6.45, 7) is 4.87. The van der Waals surface area contributed by atoms with Crippen molar-refractivity contribution in [3.8, 4) is 0 Å². The molecule has 0 spiro atoms. The molecule has 1 unspecified atom stereocenters. The topological polar surface area (TPSA) is 64.3 Å². The number of carbonyl (C=O) groups excluding carboxylic acids is 1. The normalized spacial score (nSPS) is 12.2. The first kappa shape index (κ1) is 14.7. The molecule has 1 aromatic rings. The van der Waals surface area contributed by atoms with Crippen LogP contribution in [0, 0.1) is 0 Å². The summed E-state index contributed by atoms with van der Waals surface area (Å²) < 4.78 is 5.45. The van der Waals surface area contributed by atoms with Crippen LogP contribution in [0.3, 0.4) is 0 Å². The van der Waals surface area contributed by atoms with Gasteiger partial charge >= 0.3 is 0 Å². The fourth-order valence-corrected chi connectivity index (χ4v) is 1.53. The summed E-state index contributed by atoms with van der Waals surface area (Å²) in [5, 5.41) is 2.84. The first-order valence-corrected chi connectivity index (χ1v) is 6.39. The second-order valence-electron chi connectivity index (χ2n) is 4.22. The van der Waals surface area contributed by atoms with Crippen LogP contribution in [0.5, 0.6) is 0 Å². The second-order valence-corrected chi connectivity index (χ2v) is 4.22. The molecule has 1 amide bonds. The smallest absolute Gasteiger partial charge is 0.253 e. The van der Waals surface area contributed by atoms with E-state index in [2.05, 4.69) is 12.2 Å². The average molecular weight is 250 g/mol. The van der Waals surface area contributed by atoms with Gasteiger partial charge in [-0.25, -0.2) is 0 Å². The number of hydrogen-bond donors (Lipinski definition) is 2. The summed E-state index contributed by atoms with van der Waals surface area (Å²) in [6, 6.07) is 7.52. The van der Waals surface area contributed by atoms with E-state index in [1.807, 2.05) is 24.3 Å². The lowest BCUT2D eigenvalue weighted by molar-refractivity contribution is -0.126. The van der Waals surface area contributed by atoms with Gasteiger partial charge in [-0.1, -0.05) is 31.5 Å². The van der Waals surface area contributed by atoms with E-state index in [-0.39, 0.29) is 5.91 Å². The van der Waals surface area contributed by atoms with E-state index < -0.39 is 6.10 Å². The molecule has 0 aliphatic rings. The Hall–Kier alpha value is -1.39. The number of unbranched alkanes of at least 4 members (excludes halogenated alkanes) is 1. The van der Waals surface area contributed by atoms with Crippen LogP contribution in [-0.4, -0.2) is 18.6 Å². The predicted octanol–water partition coefficient (Wildman–Crippen LogP) is 2.29. The van der Waals surface area contributed by atoms with Crippen molar-refractivity contribution < 1.29 is 9.53 Å². The first-order chi connectivity index (χ1) is 8.69. The van der Waals surface area contributed by atoms with Crippen molar-refractivity contribution in [2.24, 2.45) is 5.73 Å². The maximum absolute atomic E-state index is 11.9. The molecule has 0 fully saturated rings. The Morgan fingerprint density at radius 2 is 2.17 bits per heavy atom. The maximum Gasteiger partial charge on any atom is 0.253 e. The Labute approximate surface area is 109 Å². The Balaban J connectivity index is 2.53. The Morgan fingerprint density at radius 1 is 1.44 bits per heavy atom. The van der Waals surface area contributed by atoms with E-state index in [1.165, 1.54) is 0 Å². The lowest BCUT2D eigenvalue weighted by atomic mass is 10.1. The minimum absolute atomic E-state index is 0.132. The lowest BCUT2D eigenvalue weighted by Gasteiger charge is -2.14. The zero-order valence-electron chi connectivity index (χ0n) is 11.1. The molecule has 1 aromatic carbocycles. The van der Waals surface area contributed by atoms with Crippen LogP contribution < -0.4 is 11.1 Å². The summed E-state index contributed by atoms with van der Waals surface area (Å²) in [5.74, 6) is -0.132. The average Bonchev–Trinajstić information content (AvgIpc) is 2.39. The highest BCUT2D eigenvalue weighted by Crippen LogP contribution is 2.14. The van der Waals surface area contributed by atoms with Crippen molar-refractivity contribution in [3.05, 3.63) is 29.8 Å². The van der Waals surface area contributed by atoms with E-state index in [0.717, 1.165) is 24.1 Å².